The first-order valence-electron chi connectivity index (χ1n) is 10.7. The van der Waals surface area contributed by atoms with Gasteiger partial charge in [0, 0.05) is 39.6 Å². The molecule has 0 saturated carbocycles. The lowest BCUT2D eigenvalue weighted by atomic mass is 10.0. The van der Waals surface area contributed by atoms with Crippen molar-refractivity contribution in [1.29, 1.82) is 0 Å². The van der Waals surface area contributed by atoms with E-state index in [0.717, 1.165) is 30.9 Å². The van der Waals surface area contributed by atoms with Crippen LogP contribution in [0.2, 0.25) is 0 Å². The van der Waals surface area contributed by atoms with Crippen LogP contribution in [0.1, 0.15) is 30.5 Å². The molecular weight excluding hydrogens is 390 g/mol. The normalized spacial score (nSPS) is 15.6. The Balaban J connectivity index is 1.51. The van der Waals surface area contributed by atoms with Crippen LogP contribution in [0, 0.1) is 0 Å². The van der Waals surface area contributed by atoms with E-state index in [4.69, 9.17) is 4.74 Å². The Bertz CT molecular complexity index is 873. The highest BCUT2D eigenvalue weighted by Gasteiger charge is 2.24. The third-order valence-corrected chi connectivity index (χ3v) is 5.47. The molecule has 2 aromatic rings. The van der Waals surface area contributed by atoms with Gasteiger partial charge in [-0.25, -0.2) is 0 Å². The molecular formula is C25H31N3O3. The van der Waals surface area contributed by atoms with Crippen LogP contribution in [0.25, 0.3) is 6.08 Å². The largest absolute Gasteiger partial charge is 0.497 e. The summed E-state index contributed by atoms with van der Waals surface area (Å²) in [6.45, 7) is 5.44. The van der Waals surface area contributed by atoms with Crippen LogP contribution in [0.15, 0.2) is 60.7 Å². The molecule has 1 fully saturated rings. The molecule has 6 heteroatoms. The van der Waals surface area contributed by atoms with E-state index in [1.165, 1.54) is 12.5 Å². The molecule has 0 spiro atoms. The number of carbonyl (C=O) groups is 2. The highest BCUT2D eigenvalue weighted by molar-refractivity contribution is 5.79. The molecule has 2 aromatic carbocycles. The predicted molar refractivity (Wildman–Crippen MR) is 123 cm³/mol. The summed E-state index contributed by atoms with van der Waals surface area (Å²) in [5.74, 6) is 0.659. The molecule has 1 aliphatic heterocycles. The van der Waals surface area contributed by atoms with Crippen molar-refractivity contribution in [2.45, 2.75) is 19.4 Å². The number of methoxy groups -OCH3 is 1. The number of nitrogens with one attached hydrogen (secondary N) is 1. The molecule has 1 heterocycles. The van der Waals surface area contributed by atoms with E-state index in [-0.39, 0.29) is 24.3 Å². The minimum absolute atomic E-state index is 0.0639. The average Bonchev–Trinajstić information content (AvgIpc) is 2.79. The third-order valence-electron chi connectivity index (χ3n) is 5.47. The summed E-state index contributed by atoms with van der Waals surface area (Å²) in [5, 5.41) is 2.91. The fourth-order valence-electron chi connectivity index (χ4n) is 3.72. The number of carbonyl (C=O) groups excluding carboxylic acids is 2. The van der Waals surface area contributed by atoms with Gasteiger partial charge in [-0.1, -0.05) is 54.6 Å². The zero-order valence-corrected chi connectivity index (χ0v) is 18.3. The summed E-state index contributed by atoms with van der Waals surface area (Å²) in [7, 11) is 1.61. The van der Waals surface area contributed by atoms with E-state index in [9.17, 15) is 9.59 Å². The Morgan fingerprint density at radius 2 is 1.71 bits per heavy atom. The van der Waals surface area contributed by atoms with Gasteiger partial charge in [0.2, 0.25) is 11.8 Å². The quantitative estimate of drug-likeness (QED) is 0.712. The summed E-state index contributed by atoms with van der Waals surface area (Å²) in [6, 6.07) is 17.4. The SMILES string of the molecule is COc1ccc(C(CC(=O)N2CCN(C/C=C/c3ccccc3)CC2)NC(C)=O)cc1. The van der Waals surface area contributed by atoms with Crippen molar-refractivity contribution in [3.63, 3.8) is 0 Å². The molecule has 31 heavy (non-hydrogen) atoms. The van der Waals surface area contributed by atoms with Gasteiger partial charge >= 0.3 is 0 Å². The number of benzene rings is 2. The first-order valence-corrected chi connectivity index (χ1v) is 10.7. The Kier molecular flexibility index (Phi) is 8.24. The van der Waals surface area contributed by atoms with Gasteiger partial charge in [-0.2, -0.15) is 0 Å². The topological polar surface area (TPSA) is 61.9 Å². The fraction of sp³-hybridized carbons (Fsp3) is 0.360. The Morgan fingerprint density at radius 1 is 1.03 bits per heavy atom. The Labute approximate surface area is 184 Å². The van der Waals surface area contributed by atoms with Crippen molar-refractivity contribution in [1.82, 2.24) is 15.1 Å². The Morgan fingerprint density at radius 3 is 2.32 bits per heavy atom. The summed E-state index contributed by atoms with van der Waals surface area (Å²) in [5.41, 5.74) is 2.09. The van der Waals surface area contributed by atoms with Crippen LogP contribution in [-0.2, 0) is 9.59 Å². The molecule has 0 radical (unpaired) electrons. The van der Waals surface area contributed by atoms with E-state index in [1.54, 1.807) is 7.11 Å². The van der Waals surface area contributed by atoms with Crippen molar-refractivity contribution in [2.75, 3.05) is 39.8 Å². The molecule has 1 N–H and O–H groups in total. The zero-order valence-electron chi connectivity index (χ0n) is 18.3. The van der Waals surface area contributed by atoms with Crippen molar-refractivity contribution < 1.29 is 14.3 Å². The number of hydrogen-bond acceptors (Lipinski definition) is 4. The second-order valence-electron chi connectivity index (χ2n) is 7.72. The fourth-order valence-corrected chi connectivity index (χ4v) is 3.72. The maximum Gasteiger partial charge on any atom is 0.225 e. The first-order chi connectivity index (χ1) is 15.0. The summed E-state index contributed by atoms with van der Waals surface area (Å²) in [4.78, 5) is 28.8. The van der Waals surface area contributed by atoms with Crippen molar-refractivity contribution in [3.05, 3.63) is 71.8 Å². The average molecular weight is 422 g/mol. The first kappa shape index (κ1) is 22.6. The minimum Gasteiger partial charge on any atom is -0.497 e. The standard InChI is InChI=1S/C25H31N3O3/c1-20(29)26-24(22-10-12-23(31-2)13-11-22)19-25(30)28-17-15-27(16-18-28)14-6-9-21-7-4-3-5-8-21/h3-13,24H,14-19H2,1-2H3,(H,26,29)/b9-6+. The molecule has 1 unspecified atom stereocenters. The van der Waals surface area contributed by atoms with Crippen LogP contribution in [0.4, 0.5) is 0 Å². The molecule has 0 bridgehead atoms. The molecule has 3 rings (SSSR count). The van der Waals surface area contributed by atoms with Gasteiger partial charge in [0.25, 0.3) is 0 Å². The minimum atomic E-state index is -0.345. The molecule has 1 aliphatic rings. The van der Waals surface area contributed by atoms with Gasteiger partial charge in [-0.3, -0.25) is 14.5 Å². The number of rotatable bonds is 8. The lowest BCUT2D eigenvalue weighted by Crippen LogP contribution is -2.49. The highest BCUT2D eigenvalue weighted by atomic mass is 16.5. The van der Waals surface area contributed by atoms with E-state index in [0.29, 0.717) is 13.1 Å². The number of ether oxygens (including phenoxy) is 1. The predicted octanol–water partition coefficient (Wildman–Crippen LogP) is 3.12. The number of piperazine rings is 1. The van der Waals surface area contributed by atoms with E-state index < -0.39 is 0 Å². The van der Waals surface area contributed by atoms with E-state index >= 15 is 0 Å². The monoisotopic (exact) mass is 421 g/mol. The van der Waals surface area contributed by atoms with Crippen LogP contribution in [0.3, 0.4) is 0 Å². The lowest BCUT2D eigenvalue weighted by molar-refractivity contribution is -0.133. The third kappa shape index (κ3) is 6.96. The van der Waals surface area contributed by atoms with E-state index in [2.05, 4.69) is 34.5 Å². The zero-order chi connectivity index (χ0) is 22.1. The highest BCUT2D eigenvalue weighted by Crippen LogP contribution is 2.21. The lowest BCUT2D eigenvalue weighted by Gasteiger charge is -2.35. The van der Waals surface area contributed by atoms with Gasteiger partial charge < -0.3 is 15.0 Å². The van der Waals surface area contributed by atoms with Crippen molar-refractivity contribution in [2.24, 2.45) is 0 Å². The maximum absolute atomic E-state index is 12.9. The summed E-state index contributed by atoms with van der Waals surface area (Å²) in [6.07, 6.45) is 4.55. The molecule has 6 nitrogen and oxygen atoms in total. The second kappa shape index (κ2) is 11.3. The molecule has 2 amide bonds. The van der Waals surface area contributed by atoms with Crippen LogP contribution < -0.4 is 10.1 Å². The number of hydrogen-bond donors (Lipinski definition) is 1. The van der Waals surface area contributed by atoms with Gasteiger partial charge in [0.1, 0.15) is 5.75 Å². The molecule has 1 atom stereocenters. The van der Waals surface area contributed by atoms with Gasteiger partial charge in [-0.15, -0.1) is 0 Å². The molecule has 1 saturated heterocycles. The maximum atomic E-state index is 12.9. The van der Waals surface area contributed by atoms with Gasteiger partial charge in [0.15, 0.2) is 0 Å². The smallest absolute Gasteiger partial charge is 0.225 e. The number of nitrogens with zero attached hydrogens (tertiary/aromatic N) is 2. The van der Waals surface area contributed by atoms with E-state index in [1.807, 2.05) is 47.4 Å². The van der Waals surface area contributed by atoms with Crippen LogP contribution in [-0.4, -0.2) is 61.4 Å². The van der Waals surface area contributed by atoms with Gasteiger partial charge in [0.05, 0.1) is 19.6 Å². The summed E-state index contributed by atoms with van der Waals surface area (Å²) >= 11 is 0. The van der Waals surface area contributed by atoms with Gasteiger partial charge in [-0.05, 0) is 23.3 Å². The van der Waals surface area contributed by atoms with Crippen LogP contribution in [0.5, 0.6) is 5.75 Å². The Hall–Kier alpha value is -3.12. The van der Waals surface area contributed by atoms with Crippen molar-refractivity contribution >= 4 is 17.9 Å². The molecule has 164 valence electrons. The van der Waals surface area contributed by atoms with Crippen molar-refractivity contribution in [3.8, 4) is 5.75 Å². The summed E-state index contributed by atoms with van der Waals surface area (Å²) < 4.78 is 5.20. The molecule has 0 aliphatic carbocycles. The van der Waals surface area contributed by atoms with Crippen LogP contribution >= 0.6 is 0 Å². The molecule has 0 aromatic heterocycles. The second-order valence-corrected chi connectivity index (χ2v) is 7.72. The number of amides is 2.